The minimum Gasteiger partial charge on any atom is -0.271 e. The van der Waals surface area contributed by atoms with Gasteiger partial charge in [0.25, 0.3) is 0 Å². The molecule has 4 heteroatoms. The molecule has 0 aliphatic carbocycles. The molecule has 0 fully saturated rings. The highest BCUT2D eigenvalue weighted by molar-refractivity contribution is 14.1. The van der Waals surface area contributed by atoms with Crippen LogP contribution in [0.15, 0.2) is 35.7 Å². The first kappa shape index (κ1) is 14.0. The zero-order valence-corrected chi connectivity index (χ0v) is 13.3. The molecular weight excluding hydrogens is 355 g/mol. The van der Waals surface area contributed by atoms with Crippen molar-refractivity contribution in [2.75, 3.05) is 0 Å². The van der Waals surface area contributed by atoms with E-state index in [0.717, 1.165) is 12.8 Å². The van der Waals surface area contributed by atoms with Crippen LogP contribution in [-0.2, 0) is 6.42 Å². The fraction of sp³-hybridized carbons (Fsp3) is 0.286. The highest BCUT2D eigenvalue weighted by Crippen LogP contribution is 2.26. The summed E-state index contributed by atoms with van der Waals surface area (Å²) < 4.78 is 1.31. The molecule has 0 aliphatic rings. The number of thiophene rings is 1. The zero-order chi connectivity index (χ0) is 13.0. The smallest absolute Gasteiger partial charge is 0.0474 e. The molecule has 1 aromatic heterocycles. The number of hydrazine groups is 1. The summed E-state index contributed by atoms with van der Waals surface area (Å²) >= 11 is 4.21. The molecule has 1 aromatic carbocycles. The Morgan fingerprint density at radius 2 is 2.17 bits per heavy atom. The van der Waals surface area contributed by atoms with Crippen LogP contribution in [0.2, 0.25) is 0 Å². The van der Waals surface area contributed by atoms with Gasteiger partial charge in [-0.25, -0.2) is 0 Å². The lowest BCUT2D eigenvalue weighted by molar-refractivity contribution is 0.516. The third kappa shape index (κ3) is 3.32. The Bertz CT molecular complexity index is 497. The molecular formula is C14H17IN2S. The lowest BCUT2D eigenvalue weighted by Crippen LogP contribution is -2.29. The summed E-state index contributed by atoms with van der Waals surface area (Å²) in [7, 11) is 0. The van der Waals surface area contributed by atoms with Crippen LogP contribution in [0.25, 0.3) is 0 Å². The number of hydrogen-bond acceptors (Lipinski definition) is 3. The summed E-state index contributed by atoms with van der Waals surface area (Å²) in [5.41, 5.74) is 5.56. The number of benzene rings is 1. The van der Waals surface area contributed by atoms with E-state index in [-0.39, 0.29) is 6.04 Å². The van der Waals surface area contributed by atoms with Gasteiger partial charge in [0.15, 0.2) is 0 Å². The van der Waals surface area contributed by atoms with E-state index in [1.165, 1.54) is 19.6 Å². The fourth-order valence-electron chi connectivity index (χ4n) is 2.01. The molecule has 2 aromatic rings. The number of hydrogen-bond donors (Lipinski definition) is 2. The van der Waals surface area contributed by atoms with Crippen LogP contribution < -0.4 is 11.3 Å². The number of rotatable bonds is 5. The van der Waals surface area contributed by atoms with Gasteiger partial charge in [0.05, 0.1) is 0 Å². The van der Waals surface area contributed by atoms with E-state index in [0.29, 0.717) is 0 Å². The Balaban J connectivity index is 2.10. The standard InChI is InChI=1S/C14H17IN2S/c1-10-4-2-6-12(14(10)15)13(17-16)8-7-11-5-3-9-18-11/h2-6,9,13,17H,7-8,16H2,1H3. The Hall–Kier alpha value is -0.430. The van der Waals surface area contributed by atoms with Crippen LogP contribution >= 0.6 is 33.9 Å². The van der Waals surface area contributed by atoms with E-state index in [2.05, 4.69) is 70.7 Å². The lowest BCUT2D eigenvalue weighted by Gasteiger charge is -2.18. The predicted molar refractivity (Wildman–Crippen MR) is 86.6 cm³/mol. The van der Waals surface area contributed by atoms with Crippen LogP contribution in [0, 0.1) is 10.5 Å². The number of aryl methyl sites for hydroxylation is 2. The molecule has 0 aliphatic heterocycles. The van der Waals surface area contributed by atoms with E-state index in [4.69, 9.17) is 5.84 Å². The largest absolute Gasteiger partial charge is 0.271 e. The summed E-state index contributed by atoms with van der Waals surface area (Å²) in [6.07, 6.45) is 2.09. The van der Waals surface area contributed by atoms with Crippen molar-refractivity contribution in [2.24, 2.45) is 5.84 Å². The molecule has 0 saturated heterocycles. The van der Waals surface area contributed by atoms with E-state index in [1.54, 1.807) is 0 Å². The summed E-state index contributed by atoms with van der Waals surface area (Å²) in [6.45, 7) is 2.14. The molecule has 2 rings (SSSR count). The average Bonchev–Trinajstić information content (AvgIpc) is 2.88. The highest BCUT2D eigenvalue weighted by atomic mass is 127. The summed E-state index contributed by atoms with van der Waals surface area (Å²) in [5.74, 6) is 5.71. The van der Waals surface area contributed by atoms with E-state index >= 15 is 0 Å². The molecule has 1 unspecified atom stereocenters. The first-order valence-electron chi connectivity index (χ1n) is 5.96. The van der Waals surface area contributed by atoms with Gasteiger partial charge in [0.1, 0.15) is 0 Å². The SMILES string of the molecule is Cc1cccc(C(CCc2cccs2)NN)c1I. The second kappa shape index (κ2) is 6.65. The maximum atomic E-state index is 5.71. The molecule has 3 N–H and O–H groups in total. The minimum absolute atomic E-state index is 0.221. The summed E-state index contributed by atoms with van der Waals surface area (Å²) in [6, 6.07) is 10.9. The monoisotopic (exact) mass is 372 g/mol. The Morgan fingerprint density at radius 3 is 2.83 bits per heavy atom. The van der Waals surface area contributed by atoms with Crippen molar-refractivity contribution in [1.29, 1.82) is 0 Å². The third-order valence-electron chi connectivity index (χ3n) is 3.06. The van der Waals surface area contributed by atoms with Crippen molar-refractivity contribution in [3.63, 3.8) is 0 Å². The Kier molecular flexibility index (Phi) is 5.17. The van der Waals surface area contributed by atoms with Gasteiger partial charge in [-0.15, -0.1) is 11.3 Å². The molecule has 1 heterocycles. The molecule has 0 amide bonds. The molecule has 96 valence electrons. The van der Waals surface area contributed by atoms with Gasteiger partial charge >= 0.3 is 0 Å². The van der Waals surface area contributed by atoms with Gasteiger partial charge in [-0.05, 0) is 64.9 Å². The van der Waals surface area contributed by atoms with E-state index in [9.17, 15) is 0 Å². The minimum atomic E-state index is 0.221. The normalized spacial score (nSPS) is 12.6. The molecule has 0 saturated carbocycles. The van der Waals surface area contributed by atoms with Gasteiger partial charge in [-0.1, -0.05) is 24.3 Å². The number of nitrogens with two attached hydrogens (primary N) is 1. The van der Waals surface area contributed by atoms with Gasteiger partial charge in [0, 0.05) is 14.5 Å². The van der Waals surface area contributed by atoms with Gasteiger partial charge < -0.3 is 0 Å². The highest BCUT2D eigenvalue weighted by Gasteiger charge is 2.14. The van der Waals surface area contributed by atoms with Crippen LogP contribution in [0.1, 0.15) is 28.5 Å². The molecule has 1 atom stereocenters. The topological polar surface area (TPSA) is 38.0 Å². The number of nitrogens with one attached hydrogen (secondary N) is 1. The molecule has 2 nitrogen and oxygen atoms in total. The molecule has 0 bridgehead atoms. The van der Waals surface area contributed by atoms with E-state index in [1.807, 2.05) is 11.3 Å². The Labute approximate surface area is 126 Å². The summed E-state index contributed by atoms with van der Waals surface area (Å²) in [5, 5.41) is 2.12. The molecule has 18 heavy (non-hydrogen) atoms. The number of halogens is 1. The van der Waals surface area contributed by atoms with Gasteiger partial charge in [0.2, 0.25) is 0 Å². The van der Waals surface area contributed by atoms with Gasteiger partial charge in [-0.3, -0.25) is 11.3 Å². The van der Waals surface area contributed by atoms with Crippen molar-refractivity contribution in [3.05, 3.63) is 55.3 Å². The molecule has 0 radical (unpaired) electrons. The third-order valence-corrected chi connectivity index (χ3v) is 5.47. The first-order valence-corrected chi connectivity index (χ1v) is 7.91. The van der Waals surface area contributed by atoms with Crippen LogP contribution in [0.3, 0.4) is 0 Å². The van der Waals surface area contributed by atoms with Gasteiger partial charge in [-0.2, -0.15) is 0 Å². The first-order chi connectivity index (χ1) is 8.72. The average molecular weight is 372 g/mol. The predicted octanol–water partition coefficient (Wildman–Crippen LogP) is 3.80. The second-order valence-corrected chi connectivity index (χ2v) is 6.43. The Morgan fingerprint density at radius 1 is 1.33 bits per heavy atom. The zero-order valence-electron chi connectivity index (χ0n) is 10.3. The van der Waals surface area contributed by atoms with Crippen molar-refractivity contribution in [2.45, 2.75) is 25.8 Å². The maximum absolute atomic E-state index is 5.71. The maximum Gasteiger partial charge on any atom is 0.0474 e. The quantitative estimate of drug-likeness (QED) is 0.476. The van der Waals surface area contributed by atoms with Crippen LogP contribution in [-0.4, -0.2) is 0 Å². The fourth-order valence-corrected chi connectivity index (χ4v) is 3.47. The molecule has 0 spiro atoms. The van der Waals surface area contributed by atoms with Crippen molar-refractivity contribution in [1.82, 2.24) is 5.43 Å². The van der Waals surface area contributed by atoms with Crippen molar-refractivity contribution < 1.29 is 0 Å². The lowest BCUT2D eigenvalue weighted by atomic mass is 10.0. The second-order valence-electron chi connectivity index (χ2n) is 4.32. The van der Waals surface area contributed by atoms with E-state index < -0.39 is 0 Å². The van der Waals surface area contributed by atoms with Crippen LogP contribution in [0.4, 0.5) is 0 Å². The van der Waals surface area contributed by atoms with Crippen molar-refractivity contribution in [3.8, 4) is 0 Å². The summed E-state index contributed by atoms with van der Waals surface area (Å²) in [4.78, 5) is 1.41. The van der Waals surface area contributed by atoms with Crippen LogP contribution in [0.5, 0.6) is 0 Å². The van der Waals surface area contributed by atoms with Crippen molar-refractivity contribution >= 4 is 33.9 Å².